The minimum atomic E-state index is 0.0795. The number of thioether (sulfide) groups is 1. The molecule has 0 bridgehead atoms. The number of amides is 1. The Kier molecular flexibility index (Phi) is 7.36. The fourth-order valence-corrected chi connectivity index (χ4v) is 4.49. The topological polar surface area (TPSA) is 69.0 Å². The Balaban J connectivity index is 1.56. The highest BCUT2D eigenvalue weighted by molar-refractivity contribution is 7.99. The van der Waals surface area contributed by atoms with Crippen molar-refractivity contribution in [2.75, 3.05) is 5.75 Å². The molecule has 7 heteroatoms. The van der Waals surface area contributed by atoms with Crippen LogP contribution in [0.4, 0.5) is 0 Å². The minimum absolute atomic E-state index is 0.0795. The summed E-state index contributed by atoms with van der Waals surface area (Å²) in [6.45, 7) is 7.24. The van der Waals surface area contributed by atoms with Crippen molar-refractivity contribution in [3.8, 4) is 5.75 Å². The normalized spacial score (nSPS) is 14.8. The first kappa shape index (κ1) is 20.7. The highest BCUT2D eigenvalue weighted by Crippen LogP contribution is 2.24. The quantitative estimate of drug-likeness (QED) is 0.675. The number of hydrogen-bond donors (Lipinski definition) is 1. The van der Waals surface area contributed by atoms with E-state index in [-0.39, 0.29) is 5.91 Å². The highest BCUT2D eigenvalue weighted by Gasteiger charge is 2.18. The molecule has 6 nitrogen and oxygen atoms in total. The molecule has 1 fully saturated rings. The van der Waals surface area contributed by atoms with E-state index >= 15 is 0 Å². The number of ether oxygens (including phenoxy) is 1. The number of aryl methyl sites for hydroxylation is 2. The van der Waals surface area contributed by atoms with Crippen molar-refractivity contribution in [1.29, 1.82) is 0 Å². The standard InChI is InChI=1S/C21H30N4O2S/c1-4-25-18(13-27-20-15(2)9-8-10-16(20)3)23-24-21(25)28-14-19(26)22-17-11-6-5-7-12-17/h8-10,17H,4-7,11-14H2,1-3H3,(H,22,26). The maximum atomic E-state index is 12.3. The van der Waals surface area contributed by atoms with Crippen molar-refractivity contribution in [3.05, 3.63) is 35.2 Å². The maximum Gasteiger partial charge on any atom is 0.230 e. The van der Waals surface area contributed by atoms with Crippen LogP contribution >= 0.6 is 11.8 Å². The van der Waals surface area contributed by atoms with Gasteiger partial charge in [-0.25, -0.2) is 0 Å². The van der Waals surface area contributed by atoms with Gasteiger partial charge in [0.15, 0.2) is 11.0 Å². The van der Waals surface area contributed by atoms with Crippen molar-refractivity contribution in [2.45, 2.75) is 77.2 Å². The van der Waals surface area contributed by atoms with Crippen LogP contribution < -0.4 is 10.1 Å². The summed E-state index contributed by atoms with van der Waals surface area (Å²) >= 11 is 1.44. The molecule has 2 aromatic rings. The van der Waals surface area contributed by atoms with E-state index in [0.717, 1.165) is 47.2 Å². The molecule has 1 N–H and O–H groups in total. The number of benzene rings is 1. The number of aromatic nitrogens is 3. The third kappa shape index (κ3) is 5.28. The first-order chi connectivity index (χ1) is 13.6. The van der Waals surface area contributed by atoms with Gasteiger partial charge in [0.05, 0.1) is 5.75 Å². The number of nitrogens with one attached hydrogen (secondary N) is 1. The van der Waals surface area contributed by atoms with Crippen LogP contribution in [0, 0.1) is 13.8 Å². The lowest BCUT2D eigenvalue weighted by Crippen LogP contribution is -2.37. The Labute approximate surface area is 171 Å². The third-order valence-electron chi connectivity index (χ3n) is 5.17. The number of hydrogen-bond acceptors (Lipinski definition) is 5. The first-order valence-electron chi connectivity index (χ1n) is 10.1. The summed E-state index contributed by atoms with van der Waals surface area (Å²) in [4.78, 5) is 12.3. The number of para-hydroxylation sites is 1. The van der Waals surface area contributed by atoms with Crippen LogP contribution in [0.1, 0.15) is 56.0 Å². The third-order valence-corrected chi connectivity index (χ3v) is 6.13. The van der Waals surface area contributed by atoms with E-state index in [1.54, 1.807) is 0 Å². The van der Waals surface area contributed by atoms with Crippen LogP contribution in [0.15, 0.2) is 23.4 Å². The predicted octanol–water partition coefficient (Wildman–Crippen LogP) is 4.03. The zero-order valence-corrected chi connectivity index (χ0v) is 17.8. The second kappa shape index (κ2) is 9.96. The smallest absolute Gasteiger partial charge is 0.230 e. The van der Waals surface area contributed by atoms with Crippen LogP contribution in [0.5, 0.6) is 5.75 Å². The summed E-state index contributed by atoms with van der Waals surface area (Å²) in [5.41, 5.74) is 2.22. The van der Waals surface area contributed by atoms with Gasteiger partial charge in [-0.15, -0.1) is 10.2 Å². The lowest BCUT2D eigenvalue weighted by Gasteiger charge is -2.22. The van der Waals surface area contributed by atoms with Gasteiger partial charge in [0.2, 0.25) is 5.91 Å². The molecule has 0 atom stereocenters. The Hall–Kier alpha value is -2.02. The molecule has 0 saturated heterocycles. The summed E-state index contributed by atoms with van der Waals surface area (Å²) in [6.07, 6.45) is 5.91. The van der Waals surface area contributed by atoms with Gasteiger partial charge in [0.1, 0.15) is 12.4 Å². The van der Waals surface area contributed by atoms with Crippen LogP contribution in [-0.2, 0) is 17.9 Å². The maximum absolute atomic E-state index is 12.3. The second-order valence-corrected chi connectivity index (χ2v) is 8.29. The van der Waals surface area contributed by atoms with Crippen LogP contribution in [0.3, 0.4) is 0 Å². The van der Waals surface area contributed by atoms with Gasteiger partial charge in [-0.2, -0.15) is 0 Å². The van der Waals surface area contributed by atoms with Crippen molar-refractivity contribution in [2.24, 2.45) is 0 Å². The minimum Gasteiger partial charge on any atom is -0.485 e. The summed E-state index contributed by atoms with van der Waals surface area (Å²) in [7, 11) is 0. The Morgan fingerprint density at radius 3 is 2.61 bits per heavy atom. The van der Waals surface area contributed by atoms with Crippen LogP contribution in [0.25, 0.3) is 0 Å². The molecule has 152 valence electrons. The lowest BCUT2D eigenvalue weighted by molar-refractivity contribution is -0.119. The summed E-state index contributed by atoms with van der Waals surface area (Å²) in [5.74, 6) is 2.12. The number of carbonyl (C=O) groups excluding carboxylic acids is 1. The zero-order valence-electron chi connectivity index (χ0n) is 17.0. The number of nitrogens with zero attached hydrogens (tertiary/aromatic N) is 3. The molecule has 1 aliphatic carbocycles. The molecule has 0 spiro atoms. The zero-order chi connectivity index (χ0) is 19.9. The number of carbonyl (C=O) groups is 1. The highest BCUT2D eigenvalue weighted by atomic mass is 32.2. The molecule has 0 aliphatic heterocycles. The van der Waals surface area contributed by atoms with E-state index in [9.17, 15) is 4.79 Å². The predicted molar refractivity (Wildman–Crippen MR) is 112 cm³/mol. The van der Waals surface area contributed by atoms with Gasteiger partial charge in [0, 0.05) is 12.6 Å². The van der Waals surface area contributed by atoms with Crippen molar-refractivity contribution >= 4 is 17.7 Å². The van der Waals surface area contributed by atoms with E-state index in [2.05, 4.69) is 22.4 Å². The molecular weight excluding hydrogens is 372 g/mol. The Morgan fingerprint density at radius 1 is 1.21 bits per heavy atom. The molecule has 0 radical (unpaired) electrons. The van der Waals surface area contributed by atoms with E-state index < -0.39 is 0 Å². The van der Waals surface area contributed by atoms with E-state index in [4.69, 9.17) is 4.74 Å². The first-order valence-corrected chi connectivity index (χ1v) is 11.1. The van der Waals surface area contributed by atoms with Gasteiger partial charge in [-0.3, -0.25) is 4.79 Å². The molecule has 1 aromatic heterocycles. The van der Waals surface area contributed by atoms with Gasteiger partial charge < -0.3 is 14.6 Å². The van der Waals surface area contributed by atoms with E-state index in [1.165, 1.54) is 31.0 Å². The molecule has 3 rings (SSSR count). The molecule has 28 heavy (non-hydrogen) atoms. The fourth-order valence-electron chi connectivity index (χ4n) is 3.66. The monoisotopic (exact) mass is 402 g/mol. The molecule has 1 aliphatic rings. The fraction of sp³-hybridized carbons (Fsp3) is 0.571. The van der Waals surface area contributed by atoms with Crippen LogP contribution in [-0.4, -0.2) is 32.5 Å². The number of rotatable bonds is 8. The average molecular weight is 403 g/mol. The molecule has 1 heterocycles. The van der Waals surface area contributed by atoms with Gasteiger partial charge in [-0.05, 0) is 44.7 Å². The largest absolute Gasteiger partial charge is 0.485 e. The molecular formula is C21H30N4O2S. The van der Waals surface area contributed by atoms with Crippen molar-refractivity contribution < 1.29 is 9.53 Å². The van der Waals surface area contributed by atoms with E-state index in [1.807, 2.05) is 36.6 Å². The summed E-state index contributed by atoms with van der Waals surface area (Å²) in [5, 5.41) is 12.5. The lowest BCUT2D eigenvalue weighted by atomic mass is 9.95. The van der Waals surface area contributed by atoms with Gasteiger partial charge in [0.25, 0.3) is 0 Å². The van der Waals surface area contributed by atoms with E-state index in [0.29, 0.717) is 18.4 Å². The SMILES string of the molecule is CCn1c(COc2c(C)cccc2C)nnc1SCC(=O)NC1CCCCC1. The summed E-state index contributed by atoms with van der Waals surface area (Å²) in [6, 6.07) is 6.45. The molecule has 0 unspecified atom stereocenters. The Morgan fingerprint density at radius 2 is 1.93 bits per heavy atom. The van der Waals surface area contributed by atoms with Gasteiger partial charge >= 0.3 is 0 Å². The molecule has 1 amide bonds. The van der Waals surface area contributed by atoms with Crippen LogP contribution in [0.2, 0.25) is 0 Å². The van der Waals surface area contributed by atoms with Crippen molar-refractivity contribution in [1.82, 2.24) is 20.1 Å². The molecule has 1 aromatic carbocycles. The Bertz CT molecular complexity index is 779. The molecule has 1 saturated carbocycles. The van der Waals surface area contributed by atoms with Gasteiger partial charge in [-0.1, -0.05) is 49.2 Å². The average Bonchev–Trinajstić information content (AvgIpc) is 3.08. The second-order valence-electron chi connectivity index (χ2n) is 7.34. The summed E-state index contributed by atoms with van der Waals surface area (Å²) < 4.78 is 8.04. The van der Waals surface area contributed by atoms with Crippen molar-refractivity contribution in [3.63, 3.8) is 0 Å².